The van der Waals surface area contributed by atoms with Crippen LogP contribution in [0.3, 0.4) is 0 Å². The minimum Gasteiger partial charge on any atom is -0.336 e. The van der Waals surface area contributed by atoms with Crippen LogP contribution in [0.2, 0.25) is 10.0 Å². The molecule has 1 aliphatic heterocycles. The van der Waals surface area contributed by atoms with Crippen molar-refractivity contribution in [3.05, 3.63) is 63.1 Å². The van der Waals surface area contributed by atoms with Crippen LogP contribution in [-0.2, 0) is 10.0 Å². The first-order valence-electron chi connectivity index (χ1n) is 8.52. The van der Waals surface area contributed by atoms with Crippen molar-refractivity contribution in [1.82, 2.24) is 9.21 Å². The number of benzene rings is 2. The molecule has 1 saturated heterocycles. The monoisotopic (exact) mass is 426 g/mol. The number of carbonyl (C=O) groups is 1. The van der Waals surface area contributed by atoms with E-state index in [1.54, 1.807) is 17.0 Å². The van der Waals surface area contributed by atoms with Gasteiger partial charge in [0.25, 0.3) is 5.91 Å². The Kier molecular flexibility index (Phi) is 5.82. The van der Waals surface area contributed by atoms with E-state index in [0.29, 0.717) is 23.7 Å². The van der Waals surface area contributed by atoms with Crippen molar-refractivity contribution in [3.63, 3.8) is 0 Å². The molecule has 8 heteroatoms. The standard InChI is InChI=1S/C19H20Cl2N2O3S/c1-13-4-3-5-16(14(13)2)19(24)22-8-10-23(11-9-22)27(25,26)18-12-15(20)6-7-17(18)21/h3-7,12H,8-11H2,1-2H3. The lowest BCUT2D eigenvalue weighted by Gasteiger charge is -2.34. The summed E-state index contributed by atoms with van der Waals surface area (Å²) >= 11 is 12.0. The maximum Gasteiger partial charge on any atom is 0.254 e. The molecule has 144 valence electrons. The maximum absolute atomic E-state index is 12.9. The number of hydrogen-bond donors (Lipinski definition) is 0. The van der Waals surface area contributed by atoms with Gasteiger partial charge in [0.15, 0.2) is 0 Å². The van der Waals surface area contributed by atoms with Crippen LogP contribution in [0, 0.1) is 13.8 Å². The van der Waals surface area contributed by atoms with E-state index in [4.69, 9.17) is 23.2 Å². The zero-order valence-electron chi connectivity index (χ0n) is 15.1. The Balaban J connectivity index is 1.76. The average molecular weight is 427 g/mol. The largest absolute Gasteiger partial charge is 0.336 e. The average Bonchev–Trinajstić information content (AvgIpc) is 2.65. The third kappa shape index (κ3) is 3.99. The minimum absolute atomic E-state index is 0.00836. The van der Waals surface area contributed by atoms with E-state index in [9.17, 15) is 13.2 Å². The van der Waals surface area contributed by atoms with Crippen LogP contribution < -0.4 is 0 Å². The Labute approximate surface area is 169 Å². The molecule has 0 unspecified atom stereocenters. The minimum atomic E-state index is -3.76. The molecular formula is C19H20Cl2N2O3S. The van der Waals surface area contributed by atoms with E-state index in [2.05, 4.69) is 0 Å². The van der Waals surface area contributed by atoms with E-state index >= 15 is 0 Å². The number of piperazine rings is 1. The van der Waals surface area contributed by atoms with Gasteiger partial charge >= 0.3 is 0 Å². The van der Waals surface area contributed by atoms with E-state index in [1.165, 1.54) is 16.4 Å². The first-order chi connectivity index (χ1) is 12.7. The molecule has 1 fully saturated rings. The molecule has 0 saturated carbocycles. The summed E-state index contributed by atoms with van der Waals surface area (Å²) in [6.45, 7) is 4.95. The van der Waals surface area contributed by atoms with Crippen LogP contribution in [0.5, 0.6) is 0 Å². The van der Waals surface area contributed by atoms with E-state index < -0.39 is 10.0 Å². The number of halogens is 2. The predicted octanol–water partition coefficient (Wildman–Crippen LogP) is 3.76. The second-order valence-electron chi connectivity index (χ2n) is 6.52. The molecule has 2 aromatic carbocycles. The van der Waals surface area contributed by atoms with Crippen molar-refractivity contribution in [2.24, 2.45) is 0 Å². The Hall–Kier alpha value is -1.60. The number of nitrogens with zero attached hydrogens (tertiary/aromatic N) is 2. The summed E-state index contributed by atoms with van der Waals surface area (Å²) in [7, 11) is -3.76. The first kappa shape index (κ1) is 20.1. The molecule has 0 N–H and O–H groups in total. The summed E-state index contributed by atoms with van der Waals surface area (Å²) in [6, 6.07) is 10.00. The Morgan fingerprint density at radius 3 is 2.33 bits per heavy atom. The smallest absolute Gasteiger partial charge is 0.254 e. The molecule has 2 aromatic rings. The van der Waals surface area contributed by atoms with Gasteiger partial charge in [-0.25, -0.2) is 8.42 Å². The van der Waals surface area contributed by atoms with Gasteiger partial charge in [-0.3, -0.25) is 4.79 Å². The quantitative estimate of drug-likeness (QED) is 0.750. The van der Waals surface area contributed by atoms with Gasteiger partial charge in [0.1, 0.15) is 4.90 Å². The van der Waals surface area contributed by atoms with Crippen LogP contribution >= 0.6 is 23.2 Å². The first-order valence-corrected chi connectivity index (χ1v) is 10.7. The lowest BCUT2D eigenvalue weighted by Crippen LogP contribution is -2.50. The zero-order chi connectivity index (χ0) is 19.8. The Morgan fingerprint density at radius 2 is 1.67 bits per heavy atom. The topological polar surface area (TPSA) is 57.7 Å². The van der Waals surface area contributed by atoms with Gasteiger partial charge in [0.05, 0.1) is 5.02 Å². The summed E-state index contributed by atoms with van der Waals surface area (Å²) in [5.74, 6) is -0.0750. The highest BCUT2D eigenvalue weighted by atomic mass is 35.5. The highest BCUT2D eigenvalue weighted by molar-refractivity contribution is 7.89. The fourth-order valence-electron chi connectivity index (χ4n) is 3.10. The van der Waals surface area contributed by atoms with Crippen molar-refractivity contribution in [2.45, 2.75) is 18.7 Å². The van der Waals surface area contributed by atoms with Crippen molar-refractivity contribution in [3.8, 4) is 0 Å². The molecule has 0 bridgehead atoms. The third-order valence-corrected chi connectivity index (χ3v) is 7.49. The number of carbonyl (C=O) groups excluding carboxylic acids is 1. The lowest BCUT2D eigenvalue weighted by atomic mass is 10.0. The summed E-state index contributed by atoms with van der Waals surface area (Å²) in [4.78, 5) is 14.5. The molecule has 0 atom stereocenters. The van der Waals surface area contributed by atoms with Gasteiger partial charge in [-0.15, -0.1) is 0 Å². The van der Waals surface area contributed by atoms with Gasteiger partial charge in [-0.05, 0) is 49.2 Å². The van der Waals surface area contributed by atoms with Crippen molar-refractivity contribution < 1.29 is 13.2 Å². The normalized spacial score (nSPS) is 15.8. The summed E-state index contributed by atoms with van der Waals surface area (Å²) in [5, 5.41) is 0.440. The summed E-state index contributed by atoms with van der Waals surface area (Å²) in [6.07, 6.45) is 0. The molecular weight excluding hydrogens is 407 g/mol. The lowest BCUT2D eigenvalue weighted by molar-refractivity contribution is 0.0697. The zero-order valence-corrected chi connectivity index (χ0v) is 17.4. The molecule has 5 nitrogen and oxygen atoms in total. The van der Waals surface area contributed by atoms with Gasteiger partial charge in [-0.1, -0.05) is 35.3 Å². The van der Waals surface area contributed by atoms with Crippen LogP contribution in [0.25, 0.3) is 0 Å². The van der Waals surface area contributed by atoms with Crippen molar-refractivity contribution in [2.75, 3.05) is 26.2 Å². The second kappa shape index (κ2) is 7.80. The highest BCUT2D eigenvalue weighted by Gasteiger charge is 2.32. The van der Waals surface area contributed by atoms with Gasteiger partial charge in [0, 0.05) is 36.8 Å². The number of rotatable bonds is 3. The van der Waals surface area contributed by atoms with Crippen LogP contribution in [-0.4, -0.2) is 49.7 Å². The molecule has 3 rings (SSSR count). The molecule has 1 heterocycles. The molecule has 27 heavy (non-hydrogen) atoms. The van der Waals surface area contributed by atoms with Crippen molar-refractivity contribution >= 4 is 39.1 Å². The molecule has 0 spiro atoms. The predicted molar refractivity (Wildman–Crippen MR) is 107 cm³/mol. The van der Waals surface area contributed by atoms with Crippen LogP contribution in [0.15, 0.2) is 41.3 Å². The second-order valence-corrected chi connectivity index (χ2v) is 9.27. The Morgan fingerprint density at radius 1 is 1.00 bits per heavy atom. The fourth-order valence-corrected chi connectivity index (χ4v) is 5.26. The molecule has 0 aliphatic carbocycles. The van der Waals surface area contributed by atoms with Crippen LogP contribution in [0.4, 0.5) is 0 Å². The SMILES string of the molecule is Cc1cccc(C(=O)N2CCN(S(=O)(=O)c3cc(Cl)ccc3Cl)CC2)c1C. The molecule has 0 radical (unpaired) electrons. The molecule has 1 amide bonds. The van der Waals surface area contributed by atoms with Crippen LogP contribution in [0.1, 0.15) is 21.5 Å². The summed E-state index contributed by atoms with van der Waals surface area (Å²) in [5.41, 5.74) is 2.66. The maximum atomic E-state index is 12.9. The van der Waals surface area contributed by atoms with E-state index in [0.717, 1.165) is 11.1 Å². The number of hydrogen-bond acceptors (Lipinski definition) is 3. The number of amides is 1. The Bertz CT molecular complexity index is 984. The van der Waals surface area contributed by atoms with Gasteiger partial charge < -0.3 is 4.90 Å². The third-order valence-electron chi connectivity index (χ3n) is 4.87. The number of aryl methyl sites for hydroxylation is 1. The molecule has 0 aromatic heterocycles. The van der Waals surface area contributed by atoms with E-state index in [-0.39, 0.29) is 28.9 Å². The number of sulfonamides is 1. The highest BCUT2D eigenvalue weighted by Crippen LogP contribution is 2.28. The van der Waals surface area contributed by atoms with Crippen molar-refractivity contribution in [1.29, 1.82) is 0 Å². The van der Waals surface area contributed by atoms with E-state index in [1.807, 2.05) is 26.0 Å². The fraction of sp³-hybridized carbons (Fsp3) is 0.316. The van der Waals surface area contributed by atoms with Gasteiger partial charge in [-0.2, -0.15) is 4.31 Å². The van der Waals surface area contributed by atoms with Gasteiger partial charge in [0.2, 0.25) is 10.0 Å². The summed E-state index contributed by atoms with van der Waals surface area (Å²) < 4.78 is 27.1. The molecule has 1 aliphatic rings.